The molecule has 0 heterocycles. The average Bonchev–Trinajstić information content (AvgIpc) is 2.37. The van der Waals surface area contributed by atoms with E-state index in [1.54, 1.807) is 0 Å². The molecule has 0 saturated heterocycles. The second-order valence-electron chi connectivity index (χ2n) is 4.90. The minimum atomic E-state index is -1.28. The van der Waals surface area contributed by atoms with E-state index in [9.17, 15) is 19.3 Å². The second-order valence-corrected chi connectivity index (χ2v) is 4.90. The second kappa shape index (κ2) is 6.98. The Morgan fingerprint density at radius 1 is 1.52 bits per heavy atom. The highest BCUT2D eigenvalue weighted by atomic mass is 19.1. The first-order chi connectivity index (χ1) is 9.74. The topological polar surface area (TPSA) is 116 Å². The number of halogens is 1. The summed E-state index contributed by atoms with van der Waals surface area (Å²) in [6.45, 7) is 1.68. The third-order valence-corrected chi connectivity index (χ3v) is 2.96. The molecule has 0 spiro atoms. The Morgan fingerprint density at radius 3 is 2.71 bits per heavy atom. The van der Waals surface area contributed by atoms with Crippen LogP contribution in [0.4, 0.5) is 10.1 Å². The molecule has 116 valence electrons. The van der Waals surface area contributed by atoms with Crippen molar-refractivity contribution in [1.82, 2.24) is 0 Å². The van der Waals surface area contributed by atoms with Gasteiger partial charge in [0.2, 0.25) is 5.82 Å². The summed E-state index contributed by atoms with van der Waals surface area (Å²) in [5, 5.41) is 19.3. The van der Waals surface area contributed by atoms with Crippen molar-refractivity contribution >= 4 is 11.7 Å². The van der Waals surface area contributed by atoms with Crippen LogP contribution in [0.3, 0.4) is 0 Å². The summed E-state index contributed by atoms with van der Waals surface area (Å²) in [6.07, 6.45) is 1.37. The highest BCUT2D eigenvalue weighted by Gasteiger charge is 2.26. The lowest BCUT2D eigenvalue weighted by Crippen LogP contribution is -2.44. The number of carboxylic acids is 1. The summed E-state index contributed by atoms with van der Waals surface area (Å²) >= 11 is 0. The molecule has 8 heteroatoms. The number of hydrogen-bond acceptors (Lipinski definition) is 5. The molecule has 0 bridgehead atoms. The van der Waals surface area contributed by atoms with Crippen molar-refractivity contribution in [2.45, 2.75) is 31.7 Å². The van der Waals surface area contributed by atoms with Gasteiger partial charge in [-0.05, 0) is 32.3 Å². The lowest BCUT2D eigenvalue weighted by Gasteiger charge is -2.18. The van der Waals surface area contributed by atoms with Crippen molar-refractivity contribution in [3.05, 3.63) is 34.1 Å². The first-order valence-corrected chi connectivity index (χ1v) is 6.33. The number of ether oxygens (including phenoxy) is 1. The van der Waals surface area contributed by atoms with Crippen molar-refractivity contribution in [2.24, 2.45) is 5.73 Å². The number of benzene rings is 1. The first kappa shape index (κ1) is 16.8. The minimum Gasteiger partial charge on any atom is -0.493 e. The van der Waals surface area contributed by atoms with Gasteiger partial charge in [-0.1, -0.05) is 0 Å². The van der Waals surface area contributed by atoms with Gasteiger partial charge in [0.25, 0.3) is 0 Å². The zero-order valence-corrected chi connectivity index (χ0v) is 11.5. The number of unbranched alkanes of at least 4 members (excludes halogenated alkanes) is 1. The summed E-state index contributed by atoms with van der Waals surface area (Å²) in [7, 11) is 0. The number of aliphatic carboxylic acids is 1. The van der Waals surface area contributed by atoms with E-state index in [-0.39, 0.29) is 12.4 Å². The number of hydrogen-bond donors (Lipinski definition) is 2. The predicted octanol–water partition coefficient (Wildman–Crippen LogP) is 2.08. The lowest BCUT2D eigenvalue weighted by atomic mass is 9.97. The van der Waals surface area contributed by atoms with Crippen LogP contribution in [0.1, 0.15) is 26.2 Å². The minimum absolute atomic E-state index is 0.187. The molecular formula is C13H17FN2O5. The van der Waals surface area contributed by atoms with Gasteiger partial charge in [-0.2, -0.15) is 4.39 Å². The molecule has 1 atom stereocenters. The maximum atomic E-state index is 13.3. The highest BCUT2D eigenvalue weighted by molar-refractivity contribution is 5.77. The molecule has 21 heavy (non-hydrogen) atoms. The van der Waals surface area contributed by atoms with Gasteiger partial charge < -0.3 is 15.6 Å². The fraction of sp³-hybridized carbons (Fsp3) is 0.462. The summed E-state index contributed by atoms with van der Waals surface area (Å²) in [5.74, 6) is -1.84. The van der Waals surface area contributed by atoms with E-state index in [4.69, 9.17) is 15.6 Å². The maximum Gasteiger partial charge on any atom is 0.323 e. The van der Waals surface area contributed by atoms with Crippen LogP contribution in [0.15, 0.2) is 18.2 Å². The molecule has 0 radical (unpaired) electrons. The summed E-state index contributed by atoms with van der Waals surface area (Å²) in [4.78, 5) is 20.4. The number of nitro benzene ring substituents is 1. The SMILES string of the molecule is CC(N)(CCCCOc1ccc([N+](=O)[O-])c(F)c1)C(=O)O. The van der Waals surface area contributed by atoms with Gasteiger partial charge in [-0.25, -0.2) is 0 Å². The number of carboxylic acid groups (broad SMARTS) is 1. The molecule has 1 unspecified atom stereocenters. The van der Waals surface area contributed by atoms with Crippen LogP contribution in [0.2, 0.25) is 0 Å². The Bertz CT molecular complexity index is 533. The summed E-state index contributed by atoms with van der Waals surface area (Å²) in [5.41, 5.74) is 3.68. The van der Waals surface area contributed by atoms with E-state index >= 15 is 0 Å². The fourth-order valence-corrected chi connectivity index (χ4v) is 1.62. The number of nitrogens with zero attached hydrogens (tertiary/aromatic N) is 1. The smallest absolute Gasteiger partial charge is 0.323 e. The average molecular weight is 300 g/mol. The highest BCUT2D eigenvalue weighted by Crippen LogP contribution is 2.22. The third-order valence-electron chi connectivity index (χ3n) is 2.96. The van der Waals surface area contributed by atoms with Crippen LogP contribution < -0.4 is 10.5 Å². The largest absolute Gasteiger partial charge is 0.493 e. The van der Waals surface area contributed by atoms with E-state index in [0.717, 1.165) is 12.1 Å². The predicted molar refractivity (Wildman–Crippen MR) is 72.6 cm³/mol. The van der Waals surface area contributed by atoms with Crippen molar-refractivity contribution < 1.29 is 24.0 Å². The van der Waals surface area contributed by atoms with Gasteiger partial charge in [0.1, 0.15) is 11.3 Å². The van der Waals surface area contributed by atoms with Gasteiger partial charge in [0.05, 0.1) is 11.5 Å². The molecule has 1 aromatic carbocycles. The van der Waals surface area contributed by atoms with E-state index in [0.29, 0.717) is 19.3 Å². The van der Waals surface area contributed by atoms with Crippen molar-refractivity contribution in [1.29, 1.82) is 0 Å². The van der Waals surface area contributed by atoms with Gasteiger partial charge >= 0.3 is 11.7 Å². The van der Waals surface area contributed by atoms with Gasteiger partial charge in [0, 0.05) is 12.1 Å². The number of rotatable bonds is 8. The van der Waals surface area contributed by atoms with Crippen molar-refractivity contribution in [3.8, 4) is 5.75 Å². The molecule has 1 rings (SSSR count). The fourth-order valence-electron chi connectivity index (χ4n) is 1.62. The molecule has 1 aromatic rings. The Hall–Kier alpha value is -2.22. The Kier molecular flexibility index (Phi) is 5.60. The van der Waals surface area contributed by atoms with Crippen LogP contribution in [0.25, 0.3) is 0 Å². The molecule has 7 nitrogen and oxygen atoms in total. The molecule has 0 amide bonds. The van der Waals surface area contributed by atoms with Crippen molar-refractivity contribution in [3.63, 3.8) is 0 Å². The summed E-state index contributed by atoms with van der Waals surface area (Å²) < 4.78 is 18.6. The third kappa shape index (κ3) is 4.99. The Labute approximate surface area is 120 Å². The van der Waals surface area contributed by atoms with Crippen molar-refractivity contribution in [2.75, 3.05) is 6.61 Å². The molecule has 0 fully saturated rings. The Morgan fingerprint density at radius 2 is 2.19 bits per heavy atom. The lowest BCUT2D eigenvalue weighted by molar-refractivity contribution is -0.387. The molecule has 0 saturated carbocycles. The monoisotopic (exact) mass is 300 g/mol. The van der Waals surface area contributed by atoms with Gasteiger partial charge in [0.15, 0.2) is 0 Å². The zero-order valence-electron chi connectivity index (χ0n) is 11.5. The van der Waals surface area contributed by atoms with E-state index in [1.807, 2.05) is 0 Å². The molecular weight excluding hydrogens is 283 g/mol. The van der Waals surface area contributed by atoms with Crippen LogP contribution in [0, 0.1) is 15.9 Å². The zero-order chi connectivity index (χ0) is 16.0. The van der Waals surface area contributed by atoms with Crippen LogP contribution in [-0.2, 0) is 4.79 Å². The number of carbonyl (C=O) groups is 1. The normalized spacial score (nSPS) is 13.5. The van der Waals surface area contributed by atoms with Crippen LogP contribution >= 0.6 is 0 Å². The Balaban J connectivity index is 2.39. The number of nitrogens with two attached hydrogens (primary N) is 1. The number of nitro groups is 1. The molecule has 3 N–H and O–H groups in total. The van der Waals surface area contributed by atoms with E-state index in [2.05, 4.69) is 0 Å². The van der Waals surface area contributed by atoms with Gasteiger partial charge in [-0.3, -0.25) is 14.9 Å². The molecule has 0 aliphatic rings. The maximum absolute atomic E-state index is 13.3. The molecule has 0 aliphatic carbocycles. The van der Waals surface area contributed by atoms with E-state index < -0.39 is 27.9 Å². The van der Waals surface area contributed by atoms with Gasteiger partial charge in [-0.15, -0.1) is 0 Å². The van der Waals surface area contributed by atoms with Crippen LogP contribution in [0.5, 0.6) is 5.75 Å². The standard InChI is InChI=1S/C13H17FN2O5/c1-13(15,12(17)18)6-2-3-7-21-9-4-5-11(16(19)20)10(14)8-9/h4-5,8H,2-3,6-7,15H2,1H3,(H,17,18). The summed E-state index contributed by atoms with van der Waals surface area (Å²) in [6, 6.07) is 3.29. The first-order valence-electron chi connectivity index (χ1n) is 6.33. The molecule has 0 aliphatic heterocycles. The quantitative estimate of drug-likeness (QED) is 0.431. The van der Waals surface area contributed by atoms with Crippen LogP contribution in [-0.4, -0.2) is 28.1 Å². The van der Waals surface area contributed by atoms with E-state index in [1.165, 1.54) is 13.0 Å². The molecule has 0 aromatic heterocycles.